The van der Waals surface area contributed by atoms with Gasteiger partial charge in [0.1, 0.15) is 0 Å². The predicted molar refractivity (Wildman–Crippen MR) is 141 cm³/mol. The maximum Gasteiger partial charge on any atom is 0.251 e. The third kappa shape index (κ3) is 4.17. The standard InChI is InChI=1S/C31H33N3O2/c35-30(22-13-5-2-6-14-22)33-27-18-10-8-16-24(27)31(36)34-20-19-25-28(21-11-3-1-4-12-21)32-26-17-9-7-15-23(26)29(25)34/h1-7,9,11-15,17,24-25,27-29,32H,8,10,16,18-20H2,(H,33,35)/t24-,25+,27-,28?,29-/m0/s1. The summed E-state index contributed by atoms with van der Waals surface area (Å²) in [5.74, 6) is 0.245. The van der Waals surface area contributed by atoms with E-state index < -0.39 is 0 Å². The highest BCUT2D eigenvalue weighted by molar-refractivity contribution is 5.95. The molecule has 0 bridgehead atoms. The lowest BCUT2D eigenvalue weighted by Gasteiger charge is -2.42. The average Bonchev–Trinajstić information content (AvgIpc) is 3.39. The lowest BCUT2D eigenvalue weighted by atomic mass is 9.79. The smallest absolute Gasteiger partial charge is 0.251 e. The Balaban J connectivity index is 1.28. The van der Waals surface area contributed by atoms with Crippen LogP contribution in [-0.4, -0.2) is 29.3 Å². The van der Waals surface area contributed by atoms with E-state index in [0.717, 1.165) is 44.3 Å². The van der Waals surface area contributed by atoms with Gasteiger partial charge in [-0.05, 0) is 48.6 Å². The van der Waals surface area contributed by atoms with Crippen molar-refractivity contribution in [1.29, 1.82) is 0 Å². The molecule has 2 aliphatic heterocycles. The molecule has 6 rings (SSSR count). The first-order valence-corrected chi connectivity index (χ1v) is 13.3. The number of amides is 2. The average molecular weight is 480 g/mol. The van der Waals surface area contributed by atoms with Gasteiger partial charge in [0.05, 0.1) is 18.0 Å². The van der Waals surface area contributed by atoms with Crippen LogP contribution in [0.1, 0.15) is 65.7 Å². The molecule has 2 fully saturated rings. The van der Waals surface area contributed by atoms with E-state index in [9.17, 15) is 9.59 Å². The van der Waals surface area contributed by atoms with Crippen molar-refractivity contribution in [2.24, 2.45) is 11.8 Å². The van der Waals surface area contributed by atoms with Crippen LogP contribution in [0.4, 0.5) is 5.69 Å². The number of benzene rings is 3. The second kappa shape index (κ2) is 9.81. The number of fused-ring (bicyclic) bond motifs is 3. The summed E-state index contributed by atoms with van der Waals surface area (Å²) in [4.78, 5) is 29.3. The molecule has 184 valence electrons. The van der Waals surface area contributed by atoms with Gasteiger partial charge in [0, 0.05) is 29.8 Å². The number of para-hydroxylation sites is 1. The number of anilines is 1. The Labute approximate surface area is 212 Å². The number of rotatable bonds is 4. The normalized spacial score (nSPS) is 26.9. The van der Waals surface area contributed by atoms with Crippen LogP contribution in [0.15, 0.2) is 84.9 Å². The molecule has 2 N–H and O–H groups in total. The molecular weight excluding hydrogens is 446 g/mol. The number of carbonyl (C=O) groups excluding carboxylic acids is 2. The van der Waals surface area contributed by atoms with Crippen molar-refractivity contribution in [2.75, 3.05) is 11.9 Å². The number of nitrogens with one attached hydrogen (secondary N) is 2. The minimum absolute atomic E-state index is 0.0487. The van der Waals surface area contributed by atoms with E-state index in [1.807, 2.05) is 30.3 Å². The van der Waals surface area contributed by atoms with Gasteiger partial charge in [-0.2, -0.15) is 0 Å². The summed E-state index contributed by atoms with van der Waals surface area (Å²) in [6.07, 6.45) is 4.71. The van der Waals surface area contributed by atoms with Crippen molar-refractivity contribution in [2.45, 2.75) is 50.2 Å². The molecule has 2 heterocycles. The first kappa shape index (κ1) is 22.8. The van der Waals surface area contributed by atoms with Crippen molar-refractivity contribution in [3.05, 3.63) is 102 Å². The van der Waals surface area contributed by atoms with Gasteiger partial charge in [0.2, 0.25) is 5.91 Å². The van der Waals surface area contributed by atoms with Crippen LogP contribution in [0.5, 0.6) is 0 Å². The molecular formula is C31H33N3O2. The van der Waals surface area contributed by atoms with Crippen LogP contribution in [0.3, 0.4) is 0 Å². The van der Waals surface area contributed by atoms with Crippen molar-refractivity contribution in [3.8, 4) is 0 Å². The highest BCUT2D eigenvalue weighted by atomic mass is 16.2. The Morgan fingerprint density at radius 2 is 1.50 bits per heavy atom. The number of nitrogens with zero attached hydrogens (tertiary/aromatic N) is 1. The molecule has 1 saturated heterocycles. The molecule has 2 amide bonds. The number of hydrogen-bond donors (Lipinski definition) is 2. The molecule has 5 atom stereocenters. The SMILES string of the molecule is O=C(N[C@H]1CCCC[C@@H]1C(=O)N1CC[C@@H]2C(c3ccccc3)Nc3ccccc3[C@@H]21)c1ccccc1. The van der Waals surface area contributed by atoms with Gasteiger partial charge < -0.3 is 15.5 Å². The van der Waals surface area contributed by atoms with E-state index in [1.54, 1.807) is 0 Å². The monoisotopic (exact) mass is 479 g/mol. The zero-order valence-electron chi connectivity index (χ0n) is 20.5. The Morgan fingerprint density at radius 1 is 0.806 bits per heavy atom. The lowest BCUT2D eigenvalue weighted by molar-refractivity contribution is -0.138. The van der Waals surface area contributed by atoms with E-state index in [1.165, 1.54) is 11.1 Å². The van der Waals surface area contributed by atoms with Crippen molar-refractivity contribution >= 4 is 17.5 Å². The summed E-state index contributed by atoms with van der Waals surface area (Å²) < 4.78 is 0. The van der Waals surface area contributed by atoms with Crippen LogP contribution in [0.25, 0.3) is 0 Å². The highest BCUT2D eigenvalue weighted by Gasteiger charge is 2.48. The molecule has 1 unspecified atom stereocenters. The molecule has 3 aromatic carbocycles. The highest BCUT2D eigenvalue weighted by Crippen LogP contribution is 2.51. The quantitative estimate of drug-likeness (QED) is 0.502. The predicted octanol–water partition coefficient (Wildman–Crippen LogP) is 5.73. The van der Waals surface area contributed by atoms with Crippen LogP contribution in [-0.2, 0) is 4.79 Å². The first-order valence-electron chi connectivity index (χ1n) is 13.3. The van der Waals surface area contributed by atoms with Gasteiger partial charge in [-0.25, -0.2) is 0 Å². The number of likely N-dealkylation sites (tertiary alicyclic amines) is 1. The minimum Gasteiger partial charge on any atom is -0.378 e. The van der Waals surface area contributed by atoms with Gasteiger partial charge in [-0.3, -0.25) is 9.59 Å². The molecule has 0 aromatic heterocycles. The van der Waals surface area contributed by atoms with Gasteiger partial charge in [0.15, 0.2) is 0 Å². The number of hydrogen-bond acceptors (Lipinski definition) is 3. The largest absolute Gasteiger partial charge is 0.378 e. The fourth-order valence-corrected chi connectivity index (χ4v) is 6.62. The summed E-state index contributed by atoms with van der Waals surface area (Å²) in [7, 11) is 0. The molecule has 3 aliphatic rings. The molecule has 0 spiro atoms. The molecule has 5 heteroatoms. The second-order valence-corrected chi connectivity index (χ2v) is 10.4. The maximum atomic E-state index is 14.2. The number of carbonyl (C=O) groups is 2. The van der Waals surface area contributed by atoms with Crippen molar-refractivity contribution < 1.29 is 9.59 Å². The Hall–Kier alpha value is -3.60. The Morgan fingerprint density at radius 3 is 2.31 bits per heavy atom. The van der Waals surface area contributed by atoms with Crippen LogP contribution >= 0.6 is 0 Å². The molecule has 1 saturated carbocycles. The van der Waals surface area contributed by atoms with Gasteiger partial charge in [-0.15, -0.1) is 0 Å². The summed E-state index contributed by atoms with van der Waals surface area (Å²) >= 11 is 0. The summed E-state index contributed by atoms with van der Waals surface area (Å²) in [5, 5.41) is 7.00. The Bertz CT molecular complexity index is 1230. The van der Waals surface area contributed by atoms with E-state index in [0.29, 0.717) is 11.5 Å². The third-order valence-corrected chi connectivity index (χ3v) is 8.34. The summed E-state index contributed by atoms with van der Waals surface area (Å²) in [6, 6.07) is 28.4. The molecule has 5 nitrogen and oxygen atoms in total. The van der Waals surface area contributed by atoms with Crippen LogP contribution in [0, 0.1) is 11.8 Å². The fourth-order valence-electron chi connectivity index (χ4n) is 6.62. The van der Waals surface area contributed by atoms with Gasteiger partial charge >= 0.3 is 0 Å². The summed E-state index contributed by atoms with van der Waals surface area (Å²) in [6.45, 7) is 0.753. The zero-order valence-corrected chi connectivity index (χ0v) is 20.5. The van der Waals surface area contributed by atoms with Crippen molar-refractivity contribution in [1.82, 2.24) is 10.2 Å². The second-order valence-electron chi connectivity index (χ2n) is 10.4. The topological polar surface area (TPSA) is 61.4 Å². The lowest BCUT2D eigenvalue weighted by Crippen LogP contribution is -2.50. The summed E-state index contributed by atoms with van der Waals surface area (Å²) in [5.41, 5.74) is 4.24. The maximum absolute atomic E-state index is 14.2. The van der Waals surface area contributed by atoms with E-state index in [4.69, 9.17) is 0 Å². The van der Waals surface area contributed by atoms with E-state index in [2.05, 4.69) is 70.1 Å². The molecule has 1 aliphatic carbocycles. The van der Waals surface area contributed by atoms with Crippen LogP contribution in [0.2, 0.25) is 0 Å². The van der Waals surface area contributed by atoms with Crippen LogP contribution < -0.4 is 10.6 Å². The molecule has 0 radical (unpaired) electrons. The first-order chi connectivity index (χ1) is 17.7. The van der Waals surface area contributed by atoms with Gasteiger partial charge in [-0.1, -0.05) is 79.6 Å². The van der Waals surface area contributed by atoms with E-state index in [-0.39, 0.29) is 35.9 Å². The minimum atomic E-state index is -0.178. The third-order valence-electron chi connectivity index (χ3n) is 8.34. The molecule has 3 aromatic rings. The molecule has 36 heavy (non-hydrogen) atoms. The van der Waals surface area contributed by atoms with Crippen molar-refractivity contribution in [3.63, 3.8) is 0 Å². The van der Waals surface area contributed by atoms with E-state index >= 15 is 0 Å². The zero-order chi connectivity index (χ0) is 24.5. The Kier molecular flexibility index (Phi) is 6.22. The fraction of sp³-hybridized carbons (Fsp3) is 0.355. The van der Waals surface area contributed by atoms with Gasteiger partial charge in [0.25, 0.3) is 5.91 Å².